The number of alkyl halides is 1. The van der Waals surface area contributed by atoms with E-state index in [-0.39, 0.29) is 4.83 Å². The molecule has 21 heavy (non-hydrogen) atoms. The Kier molecular flexibility index (Phi) is 3.88. The number of nitrogens with zero attached hydrogens (tertiary/aromatic N) is 4. The predicted molar refractivity (Wildman–Crippen MR) is 83.1 cm³/mol. The minimum atomic E-state index is 0.184. The largest absolute Gasteiger partial charge is 0.359 e. The normalized spacial score (nSPS) is 12.5. The molecule has 3 rings (SSSR count). The van der Waals surface area contributed by atoms with Gasteiger partial charge in [0.15, 0.2) is 5.76 Å². The van der Waals surface area contributed by atoms with Crippen LogP contribution in [0.4, 0.5) is 0 Å². The molecule has 3 aromatic rings. The van der Waals surface area contributed by atoms with Gasteiger partial charge in [0.1, 0.15) is 12.2 Å². The standard InChI is InChI=1S/C15H15BrN4O/c1-10-3-5-12(6-4-10)14-7-13(21-18-14)8-20-9-15(11(2)16)17-19-20/h3-7,9,11H,8H2,1-2H3. The summed E-state index contributed by atoms with van der Waals surface area (Å²) in [6.07, 6.45) is 1.90. The quantitative estimate of drug-likeness (QED) is 0.675. The van der Waals surface area contributed by atoms with Crippen LogP contribution >= 0.6 is 15.9 Å². The Morgan fingerprint density at radius 1 is 1.29 bits per heavy atom. The third-order valence-electron chi connectivity index (χ3n) is 3.19. The van der Waals surface area contributed by atoms with E-state index in [1.807, 2.05) is 31.3 Å². The SMILES string of the molecule is Cc1ccc(-c2cc(Cn3cc(C(C)Br)nn3)on2)cc1. The van der Waals surface area contributed by atoms with Crippen molar-refractivity contribution in [1.29, 1.82) is 0 Å². The van der Waals surface area contributed by atoms with Gasteiger partial charge in [-0.05, 0) is 13.8 Å². The average molecular weight is 347 g/mol. The highest BCUT2D eigenvalue weighted by atomic mass is 79.9. The van der Waals surface area contributed by atoms with Crippen LogP contribution in [0.15, 0.2) is 41.1 Å². The van der Waals surface area contributed by atoms with Crippen molar-refractivity contribution in [3.63, 3.8) is 0 Å². The lowest BCUT2D eigenvalue weighted by Gasteiger charge is -1.96. The zero-order valence-electron chi connectivity index (χ0n) is 11.8. The van der Waals surface area contributed by atoms with E-state index in [0.717, 1.165) is 22.7 Å². The fourth-order valence-corrected chi connectivity index (χ4v) is 2.19. The molecule has 0 aliphatic rings. The van der Waals surface area contributed by atoms with Gasteiger partial charge in [-0.2, -0.15) is 0 Å². The lowest BCUT2D eigenvalue weighted by atomic mass is 10.1. The maximum absolute atomic E-state index is 5.37. The fraction of sp³-hybridized carbons (Fsp3) is 0.267. The van der Waals surface area contributed by atoms with Crippen molar-refractivity contribution in [2.75, 3.05) is 0 Å². The average Bonchev–Trinajstić information content (AvgIpc) is 3.10. The second-order valence-corrected chi connectivity index (χ2v) is 6.37. The zero-order valence-corrected chi connectivity index (χ0v) is 13.4. The van der Waals surface area contributed by atoms with Gasteiger partial charge in [0.25, 0.3) is 0 Å². The first-order valence-corrected chi connectivity index (χ1v) is 7.60. The Labute approximate surface area is 131 Å². The summed E-state index contributed by atoms with van der Waals surface area (Å²) in [5.41, 5.74) is 4.00. The van der Waals surface area contributed by atoms with Crippen LogP contribution in [0, 0.1) is 6.92 Å². The molecule has 2 heterocycles. The van der Waals surface area contributed by atoms with Crippen LogP contribution in [0.25, 0.3) is 11.3 Å². The van der Waals surface area contributed by atoms with Crippen molar-refractivity contribution >= 4 is 15.9 Å². The first kappa shape index (κ1) is 14.0. The molecule has 1 aromatic carbocycles. The Bertz CT molecular complexity index is 730. The van der Waals surface area contributed by atoms with Gasteiger partial charge < -0.3 is 4.52 Å². The van der Waals surface area contributed by atoms with Gasteiger partial charge in [-0.1, -0.05) is 56.1 Å². The number of benzene rings is 1. The third-order valence-corrected chi connectivity index (χ3v) is 3.66. The Morgan fingerprint density at radius 3 is 2.71 bits per heavy atom. The van der Waals surface area contributed by atoms with Gasteiger partial charge in [-0.3, -0.25) is 0 Å². The molecule has 108 valence electrons. The molecule has 5 nitrogen and oxygen atoms in total. The molecule has 2 aromatic heterocycles. The number of hydrogen-bond acceptors (Lipinski definition) is 4. The summed E-state index contributed by atoms with van der Waals surface area (Å²) in [5.74, 6) is 0.754. The maximum Gasteiger partial charge on any atom is 0.158 e. The fourth-order valence-electron chi connectivity index (χ4n) is 1.98. The molecule has 0 spiro atoms. The summed E-state index contributed by atoms with van der Waals surface area (Å²) in [4.78, 5) is 0.184. The minimum Gasteiger partial charge on any atom is -0.359 e. The highest BCUT2D eigenvalue weighted by molar-refractivity contribution is 9.09. The molecule has 0 fully saturated rings. The second kappa shape index (κ2) is 5.81. The van der Waals surface area contributed by atoms with Gasteiger partial charge in [0, 0.05) is 11.6 Å². The topological polar surface area (TPSA) is 56.7 Å². The number of halogens is 1. The molecule has 1 unspecified atom stereocenters. The van der Waals surface area contributed by atoms with Crippen molar-refractivity contribution in [3.8, 4) is 11.3 Å². The lowest BCUT2D eigenvalue weighted by Crippen LogP contribution is -1.98. The molecule has 0 saturated heterocycles. The van der Waals surface area contributed by atoms with Gasteiger partial charge in [-0.15, -0.1) is 5.10 Å². The first-order chi connectivity index (χ1) is 10.1. The third kappa shape index (κ3) is 3.21. The van der Waals surface area contributed by atoms with E-state index in [1.165, 1.54) is 5.56 Å². The molecule has 0 aliphatic carbocycles. The predicted octanol–water partition coefficient (Wildman–Crippen LogP) is 3.75. The monoisotopic (exact) mass is 346 g/mol. The van der Waals surface area contributed by atoms with Crippen molar-refractivity contribution in [1.82, 2.24) is 20.2 Å². The maximum atomic E-state index is 5.37. The van der Waals surface area contributed by atoms with Crippen LogP contribution < -0.4 is 0 Å². The Hall–Kier alpha value is -1.95. The summed E-state index contributed by atoms with van der Waals surface area (Å²) in [6.45, 7) is 4.59. The molecular weight excluding hydrogens is 332 g/mol. The molecule has 0 N–H and O–H groups in total. The van der Waals surface area contributed by atoms with Crippen LogP contribution in [0.5, 0.6) is 0 Å². The van der Waals surface area contributed by atoms with E-state index in [2.05, 4.69) is 50.5 Å². The first-order valence-electron chi connectivity index (χ1n) is 6.68. The van der Waals surface area contributed by atoms with Crippen molar-refractivity contribution in [2.45, 2.75) is 25.2 Å². The molecule has 6 heteroatoms. The van der Waals surface area contributed by atoms with E-state index in [0.29, 0.717) is 6.54 Å². The number of rotatable bonds is 4. The minimum absolute atomic E-state index is 0.184. The molecule has 0 saturated carbocycles. The number of aromatic nitrogens is 4. The molecule has 0 aliphatic heterocycles. The van der Waals surface area contributed by atoms with Crippen molar-refractivity contribution in [2.24, 2.45) is 0 Å². The van der Waals surface area contributed by atoms with Crippen LogP contribution in [0.3, 0.4) is 0 Å². The summed E-state index contributed by atoms with van der Waals surface area (Å²) in [5, 5.41) is 12.3. The van der Waals surface area contributed by atoms with Crippen LogP contribution in [0.2, 0.25) is 0 Å². The summed E-state index contributed by atoms with van der Waals surface area (Å²) < 4.78 is 7.12. The number of aryl methyl sites for hydroxylation is 1. The van der Waals surface area contributed by atoms with E-state index in [4.69, 9.17) is 4.52 Å². The van der Waals surface area contributed by atoms with Gasteiger partial charge in [0.05, 0.1) is 16.7 Å². The molecule has 0 amide bonds. The highest BCUT2D eigenvalue weighted by Gasteiger charge is 2.10. The number of hydrogen-bond donors (Lipinski definition) is 0. The van der Waals surface area contributed by atoms with Gasteiger partial charge in [-0.25, -0.2) is 4.68 Å². The van der Waals surface area contributed by atoms with E-state index < -0.39 is 0 Å². The van der Waals surface area contributed by atoms with Crippen LogP contribution in [-0.2, 0) is 6.54 Å². The Morgan fingerprint density at radius 2 is 2.05 bits per heavy atom. The van der Waals surface area contributed by atoms with E-state index >= 15 is 0 Å². The second-order valence-electron chi connectivity index (χ2n) is 5.00. The Balaban J connectivity index is 1.76. The van der Waals surface area contributed by atoms with Gasteiger partial charge >= 0.3 is 0 Å². The molecule has 1 atom stereocenters. The van der Waals surface area contributed by atoms with E-state index in [9.17, 15) is 0 Å². The summed E-state index contributed by atoms with van der Waals surface area (Å²) in [6, 6.07) is 10.1. The van der Waals surface area contributed by atoms with Crippen LogP contribution in [0.1, 0.15) is 28.8 Å². The van der Waals surface area contributed by atoms with Gasteiger partial charge in [0.2, 0.25) is 0 Å². The smallest absolute Gasteiger partial charge is 0.158 e. The van der Waals surface area contributed by atoms with E-state index in [1.54, 1.807) is 4.68 Å². The van der Waals surface area contributed by atoms with Crippen LogP contribution in [-0.4, -0.2) is 20.2 Å². The van der Waals surface area contributed by atoms with Crippen molar-refractivity contribution < 1.29 is 4.52 Å². The highest BCUT2D eigenvalue weighted by Crippen LogP contribution is 2.21. The molecular formula is C15H15BrN4O. The molecule has 0 radical (unpaired) electrons. The summed E-state index contributed by atoms with van der Waals surface area (Å²) >= 11 is 3.47. The zero-order chi connectivity index (χ0) is 14.8. The van der Waals surface area contributed by atoms with Crippen molar-refractivity contribution in [3.05, 3.63) is 53.5 Å². The molecule has 0 bridgehead atoms. The summed E-state index contributed by atoms with van der Waals surface area (Å²) in [7, 11) is 0. The lowest BCUT2D eigenvalue weighted by molar-refractivity contribution is 0.372.